The largest absolute Gasteiger partial charge is 0.508 e. The lowest BCUT2D eigenvalue weighted by Crippen LogP contribution is -2.58. The molecular weight excluding hydrogens is 1420 g/mol. The molecule has 4 aromatic carbocycles. The van der Waals surface area contributed by atoms with Crippen molar-refractivity contribution in [2.75, 3.05) is 32.7 Å². The number of benzene rings is 5. The summed E-state index contributed by atoms with van der Waals surface area (Å²) in [6, 6.07) is 21.0. The Hall–Kier alpha value is -11.6. The quantitative estimate of drug-likeness (QED) is 0.0194. The van der Waals surface area contributed by atoms with E-state index in [-0.39, 0.29) is 148 Å². The lowest BCUT2D eigenvalue weighted by atomic mass is 9.88. The summed E-state index contributed by atoms with van der Waals surface area (Å²) < 4.78 is 5.93. The van der Waals surface area contributed by atoms with Crippen molar-refractivity contribution >= 4 is 87.8 Å². The molecule has 2 saturated heterocycles. The highest BCUT2D eigenvalue weighted by Gasteiger charge is 2.41. The van der Waals surface area contributed by atoms with Gasteiger partial charge in [-0.15, -0.1) is 0 Å². The molecule has 0 spiro atoms. The van der Waals surface area contributed by atoms with Gasteiger partial charge in [-0.2, -0.15) is 0 Å². The van der Waals surface area contributed by atoms with Crippen molar-refractivity contribution in [1.29, 1.82) is 0 Å². The number of hydrogen-bond acceptors (Lipinski definition) is 18. The Morgan fingerprint density at radius 2 is 0.991 bits per heavy atom. The number of primary amides is 2. The van der Waals surface area contributed by atoms with E-state index in [9.17, 15) is 77.3 Å². The summed E-state index contributed by atoms with van der Waals surface area (Å²) in [6.07, 6.45) is 5.14. The lowest BCUT2D eigenvalue weighted by Gasteiger charge is -2.30. The van der Waals surface area contributed by atoms with Crippen LogP contribution >= 0.6 is 0 Å². The summed E-state index contributed by atoms with van der Waals surface area (Å²) in [5.41, 5.74) is 24.8. The number of fused-ring (bicyclic) bond motifs is 2. The molecule has 0 saturated carbocycles. The van der Waals surface area contributed by atoms with Gasteiger partial charge in [-0.25, -0.2) is 4.79 Å². The van der Waals surface area contributed by atoms with E-state index in [1.54, 1.807) is 48.5 Å². The second kappa shape index (κ2) is 41.1. The summed E-state index contributed by atoms with van der Waals surface area (Å²) in [5.74, 6) is -8.37. The summed E-state index contributed by atoms with van der Waals surface area (Å²) in [7, 11) is 0. The van der Waals surface area contributed by atoms with Crippen LogP contribution in [0.5, 0.6) is 5.75 Å². The molecule has 8 rings (SSSR count). The van der Waals surface area contributed by atoms with E-state index in [4.69, 9.17) is 27.4 Å². The molecule has 0 aromatic heterocycles. The molecule has 18 N–H and O–H groups in total. The van der Waals surface area contributed by atoms with Gasteiger partial charge in [-0.05, 0) is 157 Å². The molecule has 110 heavy (non-hydrogen) atoms. The van der Waals surface area contributed by atoms with Gasteiger partial charge in [-0.3, -0.25) is 62.3 Å². The summed E-state index contributed by atoms with van der Waals surface area (Å²) in [5, 5.41) is 43.3. The van der Waals surface area contributed by atoms with E-state index in [2.05, 4.69) is 42.5 Å². The smallest absolute Gasteiger partial charge is 0.337 e. The Balaban J connectivity index is 0.765. The maximum absolute atomic E-state index is 14.5. The van der Waals surface area contributed by atoms with Crippen molar-refractivity contribution in [2.24, 2.45) is 22.9 Å². The summed E-state index contributed by atoms with van der Waals surface area (Å²) >= 11 is 0. The molecule has 31 nitrogen and oxygen atoms in total. The number of phenols is 1. The van der Waals surface area contributed by atoms with E-state index in [0.29, 0.717) is 79.9 Å². The number of amides is 12. The number of nitrogens with two attached hydrogens (primary N) is 4. The molecule has 2 fully saturated rings. The first-order valence-corrected chi connectivity index (χ1v) is 37.4. The van der Waals surface area contributed by atoms with Crippen LogP contribution in [0.15, 0.2) is 124 Å². The van der Waals surface area contributed by atoms with Crippen molar-refractivity contribution in [1.82, 2.24) is 52.3 Å². The number of carboxylic acids is 1. The van der Waals surface area contributed by atoms with Crippen LogP contribution in [0.25, 0.3) is 33.4 Å². The van der Waals surface area contributed by atoms with Gasteiger partial charge >= 0.3 is 5.97 Å². The lowest BCUT2D eigenvalue weighted by molar-refractivity contribution is -0.142. The summed E-state index contributed by atoms with van der Waals surface area (Å²) in [4.78, 5) is 189. The average molecular weight is 1520 g/mol. The van der Waals surface area contributed by atoms with Crippen molar-refractivity contribution in [3.63, 3.8) is 0 Å². The Bertz CT molecular complexity index is 4310. The normalized spacial score (nSPS) is 15.9. The maximum atomic E-state index is 14.5. The van der Waals surface area contributed by atoms with Crippen molar-refractivity contribution < 1.29 is 77.0 Å². The Morgan fingerprint density at radius 1 is 0.509 bits per heavy atom. The Labute approximate surface area is 636 Å². The highest BCUT2D eigenvalue weighted by atomic mass is 16.4. The molecule has 31 heteroatoms. The molecule has 9 atom stereocenters. The Morgan fingerprint density at radius 3 is 1.49 bits per heavy atom. The third-order valence-electron chi connectivity index (χ3n) is 19.5. The number of rotatable bonds is 41. The number of nitrogens with zero attached hydrogens (tertiary/aromatic N) is 2. The number of carboxylic acid groups (broad SMARTS) is 1. The molecule has 4 aromatic rings. The van der Waals surface area contributed by atoms with Gasteiger partial charge in [0.2, 0.25) is 65.0 Å². The van der Waals surface area contributed by atoms with Gasteiger partial charge < -0.3 is 89.9 Å². The fraction of sp³-hybridized carbons (Fsp3) is 0.443. The molecule has 3 aliphatic heterocycles. The molecule has 0 unspecified atom stereocenters. The van der Waals surface area contributed by atoms with Crippen molar-refractivity contribution in [3.8, 4) is 28.2 Å². The standard InChI is InChI=1S/C79H100N14O17/c1-46(80)71(100)88-57(77(106)92-40-18-29-61(92)75(104)90-59(70(83)99)42-48-20-5-3-6-21-48)27-12-14-37-84-65(96)31-9-10-32-66(97)85-38-15-13-28-58(89-72(101)47(2)81)78(107)93-41-19-30-62(93)76(105)91-60(43-49-22-7-4-8-23-49)74(103)87-56(69(82)98)26-11-16-39-86-73(102)55-25-17-24-54(68(55)79(108)109)67-52-35-33-50(94)44-63(52)110-64-45-51(95)34-36-53(64)67/h3-8,17,20-25,33-36,44-47,56-62,94H,9-16,18-19,26-32,37-43,80-81H2,1-2H3,(H2,82,98)(H2,83,99)(H,84,96)(H,85,97)(H,86,102)(H,87,103)(H,88,100)(H,89,101)(H,90,104)(H,91,105)(H,108,109)/t46-,47-,56-,57-,58-,59-,60-,61-,62-/m0/s1. The molecule has 12 amide bonds. The first-order valence-electron chi connectivity index (χ1n) is 37.4. The van der Waals surface area contributed by atoms with E-state index in [1.807, 2.05) is 18.2 Å². The highest BCUT2D eigenvalue weighted by Crippen LogP contribution is 2.43. The molecule has 3 heterocycles. The number of carbonyl (C=O) groups is 13. The van der Waals surface area contributed by atoms with Crippen LogP contribution in [0.2, 0.25) is 0 Å². The minimum absolute atomic E-state index is 0.00294. The van der Waals surface area contributed by atoms with Gasteiger partial charge in [0.05, 0.1) is 23.2 Å². The number of aromatic hydroxyl groups is 1. The van der Waals surface area contributed by atoms with Crippen LogP contribution in [-0.2, 0) is 65.6 Å². The topological polar surface area (TPSA) is 499 Å². The van der Waals surface area contributed by atoms with Crippen LogP contribution in [0.1, 0.15) is 155 Å². The van der Waals surface area contributed by atoms with Crippen LogP contribution in [0.4, 0.5) is 0 Å². The SMILES string of the molecule is C[C@H](N)C(=O)N[C@@H](CCCCNC(=O)CCCCC(=O)NCCCC[C@H](NC(=O)[C@H](C)N)C(=O)N1CCC[C@H]1C(=O)N[C@@H](Cc1ccccc1)C(=O)N[C@@H](CCCCNC(=O)c1cccc(-c2c3ccc(=O)cc-3oc3cc(O)ccc23)c1C(=O)O)C(N)=O)C(=O)N1CCC[C@H]1C(=O)N[C@@H](Cc1ccccc1)C(N)=O. The maximum Gasteiger partial charge on any atom is 0.337 e. The number of likely N-dealkylation sites (tertiary alicyclic amines) is 2. The van der Waals surface area contributed by atoms with Crippen molar-refractivity contribution in [3.05, 3.63) is 148 Å². The third-order valence-corrected chi connectivity index (χ3v) is 19.5. The second-order valence-electron chi connectivity index (χ2n) is 27.9. The minimum atomic E-state index is -1.42. The number of carbonyl (C=O) groups excluding carboxylic acids is 12. The van der Waals surface area contributed by atoms with Gasteiger partial charge in [0.25, 0.3) is 5.91 Å². The number of aromatic carboxylic acids is 1. The van der Waals surface area contributed by atoms with Crippen molar-refractivity contribution in [2.45, 2.75) is 190 Å². The van der Waals surface area contributed by atoms with Gasteiger partial charge in [0.15, 0.2) is 5.43 Å². The summed E-state index contributed by atoms with van der Waals surface area (Å²) in [6.45, 7) is 3.86. The van der Waals surface area contributed by atoms with Crippen LogP contribution < -0.4 is 70.9 Å². The van der Waals surface area contributed by atoms with E-state index in [1.165, 1.54) is 72.2 Å². The predicted molar refractivity (Wildman–Crippen MR) is 407 cm³/mol. The van der Waals surface area contributed by atoms with Crippen LogP contribution in [0, 0.1) is 0 Å². The zero-order valence-corrected chi connectivity index (χ0v) is 61.9. The number of nitrogens with one attached hydrogen (secondary N) is 8. The minimum Gasteiger partial charge on any atom is -0.508 e. The fourth-order valence-electron chi connectivity index (χ4n) is 13.6. The number of phenolic OH excluding ortho intramolecular Hbond substituents is 1. The molecular formula is C79H100N14O17. The van der Waals surface area contributed by atoms with Gasteiger partial charge in [0.1, 0.15) is 59.4 Å². The van der Waals surface area contributed by atoms with Crippen LogP contribution in [-0.4, -0.2) is 184 Å². The number of unbranched alkanes of at least 4 members (excludes halogenated alkanes) is 4. The molecule has 4 aliphatic rings. The Kier molecular flexibility index (Phi) is 31.4. The first kappa shape index (κ1) is 84.0. The highest BCUT2D eigenvalue weighted by molar-refractivity contribution is 6.13. The van der Waals surface area contributed by atoms with Crippen LogP contribution in [0.3, 0.4) is 0 Å². The molecule has 588 valence electrons. The molecule has 0 radical (unpaired) electrons. The second-order valence-corrected chi connectivity index (χ2v) is 27.9. The average Bonchev–Trinajstić information content (AvgIpc) is 0.977. The van der Waals surface area contributed by atoms with Gasteiger partial charge in [-0.1, -0.05) is 72.8 Å². The van der Waals surface area contributed by atoms with E-state index >= 15 is 0 Å². The zero-order valence-electron chi connectivity index (χ0n) is 61.9. The fourth-order valence-corrected chi connectivity index (χ4v) is 13.6. The molecule has 1 aliphatic carbocycles. The molecule has 0 bridgehead atoms. The zero-order chi connectivity index (χ0) is 79.6. The monoisotopic (exact) mass is 1520 g/mol. The van der Waals surface area contributed by atoms with E-state index < -0.39 is 119 Å². The van der Waals surface area contributed by atoms with Gasteiger partial charge in [0, 0.05) is 87.1 Å². The third kappa shape index (κ3) is 23.9. The van der Waals surface area contributed by atoms with E-state index in [0.717, 1.165) is 5.56 Å². The first-order chi connectivity index (χ1) is 52.7. The predicted octanol–water partition coefficient (Wildman–Crippen LogP) is 2.56. The number of hydrogen-bond donors (Lipinski definition) is 14.